The van der Waals surface area contributed by atoms with Gasteiger partial charge >= 0.3 is 0 Å². The maximum Gasteiger partial charge on any atom is 0.139 e. The lowest BCUT2D eigenvalue weighted by Crippen LogP contribution is -2.13. The van der Waals surface area contributed by atoms with Crippen LogP contribution in [0.1, 0.15) is 18.4 Å². The lowest BCUT2D eigenvalue weighted by Gasteiger charge is -2.10. The highest BCUT2D eigenvalue weighted by molar-refractivity contribution is 9.10. The topological polar surface area (TPSA) is 70.6 Å². The molecule has 0 spiro atoms. The summed E-state index contributed by atoms with van der Waals surface area (Å²) in [5.41, 5.74) is 7.34. The fourth-order valence-electron chi connectivity index (χ4n) is 1.32. The molecular weight excluding hydrogens is 305 g/mol. The summed E-state index contributed by atoms with van der Waals surface area (Å²) in [4.78, 5) is 0. The molecule has 1 aromatic carbocycles. The number of amidine groups is 1. The van der Waals surface area contributed by atoms with Crippen molar-refractivity contribution < 1.29 is 5.21 Å². The first-order chi connectivity index (χ1) is 8.04. The van der Waals surface area contributed by atoms with Crippen LogP contribution in [0.15, 0.2) is 21.8 Å². The van der Waals surface area contributed by atoms with Crippen molar-refractivity contribution in [3.05, 3.63) is 27.2 Å². The second kappa shape index (κ2) is 6.71. The van der Waals surface area contributed by atoms with Crippen LogP contribution in [-0.2, 0) is 0 Å². The number of anilines is 1. The second-order valence-corrected chi connectivity index (χ2v) is 4.96. The largest absolute Gasteiger partial charge is 0.409 e. The molecule has 0 heterocycles. The van der Waals surface area contributed by atoms with E-state index in [9.17, 15) is 0 Å². The number of hydrogen-bond acceptors (Lipinski definition) is 3. The lowest BCUT2D eigenvalue weighted by molar-refractivity contribution is 0.316. The molecule has 1 rings (SSSR count). The predicted molar refractivity (Wildman–Crippen MR) is 75.0 cm³/mol. The van der Waals surface area contributed by atoms with Gasteiger partial charge in [-0.25, -0.2) is 0 Å². The average molecular weight is 321 g/mol. The molecule has 0 aliphatic heterocycles. The highest BCUT2D eigenvalue weighted by Gasteiger charge is 2.03. The molecule has 0 saturated heterocycles. The van der Waals surface area contributed by atoms with E-state index in [1.165, 1.54) is 0 Å². The monoisotopic (exact) mass is 319 g/mol. The number of oxime groups is 1. The second-order valence-electron chi connectivity index (χ2n) is 3.70. The molecule has 4 nitrogen and oxygen atoms in total. The number of rotatable bonds is 5. The van der Waals surface area contributed by atoms with Crippen LogP contribution in [0.5, 0.6) is 0 Å². The van der Waals surface area contributed by atoms with Crippen LogP contribution >= 0.6 is 27.5 Å². The Morgan fingerprint density at radius 1 is 1.59 bits per heavy atom. The molecule has 0 aliphatic carbocycles. The van der Waals surface area contributed by atoms with E-state index in [0.29, 0.717) is 6.42 Å². The van der Waals surface area contributed by atoms with Crippen molar-refractivity contribution in [3.63, 3.8) is 0 Å². The molecule has 0 fully saturated rings. The van der Waals surface area contributed by atoms with E-state index in [1.54, 1.807) is 0 Å². The Labute approximate surface area is 114 Å². The molecule has 0 radical (unpaired) electrons. The fourth-order valence-corrected chi connectivity index (χ4v) is 2.09. The van der Waals surface area contributed by atoms with Gasteiger partial charge in [0.1, 0.15) is 5.84 Å². The summed E-state index contributed by atoms with van der Waals surface area (Å²) in [7, 11) is 0. The van der Waals surface area contributed by atoms with Gasteiger partial charge in [0, 0.05) is 28.1 Å². The molecule has 6 heteroatoms. The Morgan fingerprint density at radius 2 is 2.29 bits per heavy atom. The van der Waals surface area contributed by atoms with Gasteiger partial charge in [-0.15, -0.1) is 0 Å². The maximum absolute atomic E-state index is 8.38. The van der Waals surface area contributed by atoms with Crippen molar-refractivity contribution in [2.45, 2.75) is 19.8 Å². The molecule has 0 saturated carbocycles. The zero-order chi connectivity index (χ0) is 12.8. The lowest BCUT2D eigenvalue weighted by atomic mass is 10.2. The van der Waals surface area contributed by atoms with Crippen LogP contribution in [0.25, 0.3) is 0 Å². The molecule has 0 bridgehead atoms. The van der Waals surface area contributed by atoms with Gasteiger partial charge in [-0.1, -0.05) is 16.8 Å². The molecule has 1 aromatic rings. The van der Waals surface area contributed by atoms with Gasteiger partial charge in [-0.2, -0.15) is 0 Å². The molecule has 0 atom stereocenters. The summed E-state index contributed by atoms with van der Waals surface area (Å²) in [5, 5.41) is 15.3. The van der Waals surface area contributed by atoms with Crippen LogP contribution in [-0.4, -0.2) is 17.6 Å². The van der Waals surface area contributed by atoms with Crippen molar-refractivity contribution in [1.82, 2.24) is 0 Å². The molecule has 17 heavy (non-hydrogen) atoms. The van der Waals surface area contributed by atoms with Crippen LogP contribution in [0.2, 0.25) is 5.02 Å². The van der Waals surface area contributed by atoms with Gasteiger partial charge in [-0.3, -0.25) is 0 Å². The minimum Gasteiger partial charge on any atom is -0.409 e. The molecular formula is C11H15BrClN3O. The third kappa shape index (κ3) is 4.44. The number of hydrogen-bond donors (Lipinski definition) is 3. The zero-order valence-electron chi connectivity index (χ0n) is 9.50. The number of nitrogens with one attached hydrogen (secondary N) is 1. The van der Waals surface area contributed by atoms with E-state index >= 15 is 0 Å². The summed E-state index contributed by atoms with van der Waals surface area (Å²) in [6.07, 6.45) is 1.34. The number of nitrogens with zero attached hydrogens (tertiary/aromatic N) is 1. The fraction of sp³-hybridized carbons (Fsp3) is 0.364. The minimum absolute atomic E-state index is 0.243. The Hall–Kier alpha value is -0.940. The van der Waals surface area contributed by atoms with Crippen molar-refractivity contribution in [3.8, 4) is 0 Å². The summed E-state index contributed by atoms with van der Waals surface area (Å²) in [6, 6.07) is 3.85. The Kier molecular flexibility index (Phi) is 5.58. The number of nitrogens with two attached hydrogens (primary N) is 1. The first-order valence-corrected chi connectivity index (χ1v) is 6.37. The van der Waals surface area contributed by atoms with Crippen molar-refractivity contribution in [1.29, 1.82) is 0 Å². The van der Waals surface area contributed by atoms with Gasteiger partial charge in [0.05, 0.1) is 0 Å². The van der Waals surface area contributed by atoms with Gasteiger partial charge in [-0.05, 0) is 47.0 Å². The van der Waals surface area contributed by atoms with E-state index in [0.717, 1.165) is 33.7 Å². The third-order valence-electron chi connectivity index (χ3n) is 2.30. The molecule has 0 aliphatic rings. The normalized spacial score (nSPS) is 11.6. The molecule has 94 valence electrons. The Morgan fingerprint density at radius 3 is 2.94 bits per heavy atom. The number of benzene rings is 1. The quantitative estimate of drug-likeness (QED) is 0.256. The van der Waals surface area contributed by atoms with Crippen LogP contribution < -0.4 is 11.1 Å². The number of halogens is 2. The highest BCUT2D eigenvalue weighted by Crippen LogP contribution is 2.29. The van der Waals surface area contributed by atoms with Crippen LogP contribution in [0, 0.1) is 6.92 Å². The average Bonchev–Trinajstić information content (AvgIpc) is 2.30. The molecule has 0 unspecified atom stereocenters. The van der Waals surface area contributed by atoms with E-state index in [-0.39, 0.29) is 5.84 Å². The SMILES string of the molecule is Cc1cc(Br)c(NCCC/C(N)=N/O)cc1Cl. The van der Waals surface area contributed by atoms with Crippen molar-refractivity contribution in [2.24, 2.45) is 10.9 Å². The first kappa shape index (κ1) is 14.1. The van der Waals surface area contributed by atoms with Crippen LogP contribution in [0.4, 0.5) is 5.69 Å². The van der Waals surface area contributed by atoms with Gasteiger partial charge < -0.3 is 16.3 Å². The predicted octanol–water partition coefficient (Wildman–Crippen LogP) is 3.35. The van der Waals surface area contributed by atoms with E-state index in [2.05, 4.69) is 26.4 Å². The van der Waals surface area contributed by atoms with E-state index < -0.39 is 0 Å². The van der Waals surface area contributed by atoms with Gasteiger partial charge in [0.15, 0.2) is 0 Å². The maximum atomic E-state index is 8.38. The molecule has 0 aromatic heterocycles. The standard InChI is InChI=1S/C11H15BrClN3O/c1-7-5-8(12)10(6-9(7)13)15-4-2-3-11(14)16-17/h5-6,15,17H,2-4H2,1H3,(H2,14,16). The van der Waals surface area contributed by atoms with Gasteiger partial charge in [0.2, 0.25) is 0 Å². The summed E-state index contributed by atoms with van der Waals surface area (Å²) < 4.78 is 0.975. The Balaban J connectivity index is 2.50. The first-order valence-electron chi connectivity index (χ1n) is 5.20. The van der Waals surface area contributed by atoms with Crippen LogP contribution in [0.3, 0.4) is 0 Å². The zero-order valence-corrected chi connectivity index (χ0v) is 11.8. The van der Waals surface area contributed by atoms with E-state index in [4.69, 9.17) is 22.5 Å². The summed E-state index contributed by atoms with van der Waals surface area (Å²) >= 11 is 9.50. The minimum atomic E-state index is 0.243. The van der Waals surface area contributed by atoms with Crippen molar-refractivity contribution in [2.75, 3.05) is 11.9 Å². The summed E-state index contributed by atoms with van der Waals surface area (Å²) in [6.45, 7) is 2.68. The molecule has 0 amide bonds. The van der Waals surface area contributed by atoms with E-state index in [1.807, 2.05) is 19.1 Å². The van der Waals surface area contributed by atoms with Gasteiger partial charge in [0.25, 0.3) is 0 Å². The number of aryl methyl sites for hydroxylation is 1. The Bertz CT molecular complexity index is 423. The molecule has 4 N–H and O–H groups in total. The summed E-state index contributed by atoms with van der Waals surface area (Å²) in [5.74, 6) is 0.243. The van der Waals surface area contributed by atoms with Crippen molar-refractivity contribution >= 4 is 39.1 Å². The highest BCUT2D eigenvalue weighted by atomic mass is 79.9. The third-order valence-corrected chi connectivity index (χ3v) is 3.37. The smallest absolute Gasteiger partial charge is 0.139 e.